The van der Waals surface area contributed by atoms with E-state index in [-0.39, 0.29) is 25.2 Å². The molecule has 0 saturated heterocycles. The molecule has 0 aromatic rings. The van der Waals surface area contributed by atoms with Gasteiger partial charge in [0.05, 0.1) is 6.61 Å². The summed E-state index contributed by atoms with van der Waals surface area (Å²) in [6.07, 6.45) is 37.9. The Morgan fingerprint density at radius 3 is 1.66 bits per heavy atom. The predicted octanol–water partition coefficient (Wildman–Crippen LogP) is 10.7. The second-order valence-electron chi connectivity index (χ2n) is 12.9. The number of ether oxygens (including phenoxy) is 2. The van der Waals surface area contributed by atoms with Crippen molar-refractivity contribution in [1.82, 2.24) is 0 Å². The zero-order valence-corrected chi connectivity index (χ0v) is 32.2. The molecule has 0 heterocycles. The molecule has 0 aliphatic heterocycles. The lowest BCUT2D eigenvalue weighted by Crippen LogP contribution is -2.29. The average molecular weight is 725 g/mol. The maximum Gasteiger partial charge on any atom is 0.469 e. The van der Waals surface area contributed by atoms with Gasteiger partial charge in [-0.2, -0.15) is 0 Å². The van der Waals surface area contributed by atoms with Crippen molar-refractivity contribution < 1.29 is 42.7 Å². The number of ketones is 1. The van der Waals surface area contributed by atoms with E-state index in [1.165, 1.54) is 44.9 Å². The Hall–Kier alpha value is -2.32. The van der Waals surface area contributed by atoms with Crippen LogP contribution in [0.4, 0.5) is 0 Å². The van der Waals surface area contributed by atoms with Crippen molar-refractivity contribution in [2.45, 2.75) is 174 Å². The van der Waals surface area contributed by atoms with Crippen LogP contribution in [0.25, 0.3) is 0 Å². The van der Waals surface area contributed by atoms with Gasteiger partial charge >= 0.3 is 19.8 Å². The number of rotatable bonds is 35. The SMILES string of the molecule is CCCCC/C=C\C=C\C(=O)CCCCCCCC(=O)OC[C@H](COP(=O)(O)O)OC(=O)CCCCCCCC/C=C\C/C=C\CCCCC. The molecule has 0 bridgehead atoms. The van der Waals surface area contributed by atoms with Crippen molar-refractivity contribution in [3.8, 4) is 0 Å². The minimum atomic E-state index is -4.78. The third-order valence-corrected chi connectivity index (χ3v) is 8.53. The van der Waals surface area contributed by atoms with E-state index in [0.717, 1.165) is 77.0 Å². The highest BCUT2D eigenvalue weighted by Crippen LogP contribution is 2.36. The zero-order chi connectivity index (χ0) is 37.0. The summed E-state index contributed by atoms with van der Waals surface area (Å²) in [6, 6.07) is 0. The molecule has 0 aromatic carbocycles. The Labute approximate surface area is 303 Å². The fourth-order valence-corrected chi connectivity index (χ4v) is 5.45. The summed E-state index contributed by atoms with van der Waals surface area (Å²) in [4.78, 5) is 54.7. The summed E-state index contributed by atoms with van der Waals surface area (Å²) in [5, 5.41) is 0. The van der Waals surface area contributed by atoms with E-state index in [4.69, 9.17) is 19.3 Å². The number of phosphoric ester groups is 1. The van der Waals surface area contributed by atoms with Crippen LogP contribution in [0.15, 0.2) is 48.6 Å². The summed E-state index contributed by atoms with van der Waals surface area (Å²) >= 11 is 0. The van der Waals surface area contributed by atoms with Gasteiger partial charge in [-0.3, -0.25) is 18.9 Å². The first-order valence-corrected chi connectivity index (χ1v) is 20.9. The van der Waals surface area contributed by atoms with Crippen LogP contribution in [0, 0.1) is 0 Å². The van der Waals surface area contributed by atoms with Crippen LogP contribution in [0.5, 0.6) is 0 Å². The molecule has 0 aliphatic carbocycles. The van der Waals surface area contributed by atoms with Crippen molar-refractivity contribution in [3.63, 3.8) is 0 Å². The first-order valence-electron chi connectivity index (χ1n) is 19.4. The number of allylic oxidation sites excluding steroid dienone is 8. The molecule has 0 aromatic heterocycles. The molecule has 0 aliphatic rings. The summed E-state index contributed by atoms with van der Waals surface area (Å²) in [7, 11) is -4.78. The molecule has 10 heteroatoms. The lowest BCUT2D eigenvalue weighted by molar-refractivity contribution is -0.161. The molecular formula is C40H69O9P. The number of unbranched alkanes of at least 4 members (excludes halogenated alkanes) is 16. The number of phosphoric acid groups is 1. The summed E-state index contributed by atoms with van der Waals surface area (Å²) < 4.78 is 26.2. The molecule has 0 radical (unpaired) electrons. The van der Waals surface area contributed by atoms with Crippen molar-refractivity contribution in [2.75, 3.05) is 13.2 Å². The molecule has 0 saturated carbocycles. The van der Waals surface area contributed by atoms with E-state index in [0.29, 0.717) is 19.3 Å². The van der Waals surface area contributed by atoms with Crippen LogP contribution in [0.1, 0.15) is 168 Å². The van der Waals surface area contributed by atoms with Gasteiger partial charge in [0.2, 0.25) is 0 Å². The standard InChI is InChI=1S/C40H69O9P/c1-3-5-7-9-11-12-13-14-15-16-17-18-19-21-25-30-34-40(43)49-38(36-48-50(44,45)46)35-47-39(42)33-29-26-22-24-28-32-37(41)31-27-23-20-10-8-6-4-2/h11-12,14-15,20,23,27,31,38H,3-10,13,16-19,21-22,24-26,28-30,32-36H2,1-2H3,(H2,44,45,46)/b12-11-,15-14-,23-20-,31-27+/t38-/m1/s1. The van der Waals surface area contributed by atoms with Crippen molar-refractivity contribution in [2.24, 2.45) is 0 Å². The molecule has 288 valence electrons. The third kappa shape index (κ3) is 36.9. The summed E-state index contributed by atoms with van der Waals surface area (Å²) in [5.74, 6) is -0.875. The van der Waals surface area contributed by atoms with Crippen LogP contribution < -0.4 is 0 Å². The van der Waals surface area contributed by atoms with E-state index < -0.39 is 32.5 Å². The minimum absolute atomic E-state index is 0.117. The number of hydrogen-bond donors (Lipinski definition) is 2. The molecule has 0 fully saturated rings. The van der Waals surface area contributed by atoms with E-state index in [2.05, 4.69) is 48.8 Å². The van der Waals surface area contributed by atoms with Crippen LogP contribution in [0.2, 0.25) is 0 Å². The fraction of sp³-hybridized carbons (Fsp3) is 0.725. The van der Waals surface area contributed by atoms with Gasteiger partial charge in [0.15, 0.2) is 11.9 Å². The van der Waals surface area contributed by atoms with Crippen LogP contribution in [-0.4, -0.2) is 46.8 Å². The highest BCUT2D eigenvalue weighted by molar-refractivity contribution is 7.46. The smallest absolute Gasteiger partial charge is 0.462 e. The van der Waals surface area contributed by atoms with Crippen LogP contribution in [-0.2, 0) is 32.9 Å². The Bertz CT molecular complexity index is 1010. The van der Waals surface area contributed by atoms with Crippen LogP contribution in [0.3, 0.4) is 0 Å². The number of hydrogen-bond acceptors (Lipinski definition) is 7. The van der Waals surface area contributed by atoms with Gasteiger partial charge in [0.25, 0.3) is 0 Å². The van der Waals surface area contributed by atoms with E-state index >= 15 is 0 Å². The number of carbonyl (C=O) groups excluding carboxylic acids is 3. The quantitative estimate of drug-likeness (QED) is 0.0163. The fourth-order valence-electron chi connectivity index (χ4n) is 5.09. The molecular weight excluding hydrogens is 655 g/mol. The molecule has 0 spiro atoms. The highest BCUT2D eigenvalue weighted by atomic mass is 31.2. The monoisotopic (exact) mass is 724 g/mol. The summed E-state index contributed by atoms with van der Waals surface area (Å²) in [6.45, 7) is 3.48. The van der Waals surface area contributed by atoms with Gasteiger partial charge in [0.1, 0.15) is 6.61 Å². The van der Waals surface area contributed by atoms with Crippen molar-refractivity contribution in [3.05, 3.63) is 48.6 Å². The summed E-state index contributed by atoms with van der Waals surface area (Å²) in [5.41, 5.74) is 0. The first-order chi connectivity index (χ1) is 24.2. The second-order valence-corrected chi connectivity index (χ2v) is 14.2. The van der Waals surface area contributed by atoms with Gasteiger partial charge in [-0.25, -0.2) is 4.57 Å². The maximum absolute atomic E-state index is 12.4. The molecule has 9 nitrogen and oxygen atoms in total. The van der Waals surface area contributed by atoms with Gasteiger partial charge in [-0.15, -0.1) is 0 Å². The Morgan fingerprint density at radius 1 is 0.580 bits per heavy atom. The lowest BCUT2D eigenvalue weighted by Gasteiger charge is -2.18. The van der Waals surface area contributed by atoms with E-state index in [9.17, 15) is 18.9 Å². The molecule has 2 N–H and O–H groups in total. The second kappa shape index (κ2) is 35.1. The van der Waals surface area contributed by atoms with Crippen LogP contribution >= 0.6 is 7.82 Å². The Morgan fingerprint density at radius 2 is 1.08 bits per heavy atom. The molecule has 0 amide bonds. The van der Waals surface area contributed by atoms with Crippen molar-refractivity contribution >= 4 is 25.5 Å². The van der Waals surface area contributed by atoms with Gasteiger partial charge in [-0.1, -0.05) is 127 Å². The maximum atomic E-state index is 12.4. The number of esters is 2. The highest BCUT2D eigenvalue weighted by Gasteiger charge is 2.22. The zero-order valence-electron chi connectivity index (χ0n) is 31.3. The Kier molecular flexibility index (Phi) is 33.5. The largest absolute Gasteiger partial charge is 0.469 e. The third-order valence-electron chi connectivity index (χ3n) is 8.05. The van der Waals surface area contributed by atoms with E-state index in [1.54, 1.807) is 6.08 Å². The van der Waals surface area contributed by atoms with Gasteiger partial charge < -0.3 is 19.3 Å². The first kappa shape index (κ1) is 47.7. The number of carbonyl (C=O) groups is 3. The molecule has 1 atom stereocenters. The average Bonchev–Trinajstić information content (AvgIpc) is 3.08. The van der Waals surface area contributed by atoms with Crippen molar-refractivity contribution in [1.29, 1.82) is 0 Å². The molecule has 50 heavy (non-hydrogen) atoms. The topological polar surface area (TPSA) is 136 Å². The van der Waals surface area contributed by atoms with Gasteiger partial charge in [0, 0.05) is 19.3 Å². The van der Waals surface area contributed by atoms with E-state index in [1.807, 2.05) is 12.2 Å². The minimum Gasteiger partial charge on any atom is -0.462 e. The van der Waals surface area contributed by atoms with Gasteiger partial charge in [-0.05, 0) is 70.3 Å². The predicted molar refractivity (Wildman–Crippen MR) is 203 cm³/mol. The normalized spacial score (nSPS) is 12.9. The molecule has 0 unspecified atom stereocenters. The molecule has 0 rings (SSSR count). The lowest BCUT2D eigenvalue weighted by atomic mass is 10.1. The Balaban J connectivity index is 4.07.